The predicted molar refractivity (Wildman–Crippen MR) is 132 cm³/mol. The molecule has 9 heteroatoms. The Bertz CT molecular complexity index is 1300. The third-order valence-corrected chi connectivity index (χ3v) is 7.54. The maximum atomic E-state index is 12.9. The molecular formula is C26H26N2O6S. The molecule has 0 radical (unpaired) electrons. The number of benzene rings is 3. The van der Waals surface area contributed by atoms with E-state index in [1.165, 1.54) is 16.4 Å². The standard InChI is InChI=1S/C26H26N2O6S/c1-19-7-12-23(35(31,32)28-13-15-33-16-14-28)17-24(19)26(30)34-18-25(29)27-22-10-8-21(9-11-22)20-5-3-2-4-6-20/h2-12,17H,13-16,18H2,1H3,(H,27,29). The summed E-state index contributed by atoms with van der Waals surface area (Å²) in [7, 11) is -3.76. The number of anilines is 1. The summed E-state index contributed by atoms with van der Waals surface area (Å²) in [5.74, 6) is -1.27. The first-order valence-corrected chi connectivity index (χ1v) is 12.6. The Labute approximate surface area is 204 Å². The van der Waals surface area contributed by atoms with Crippen LogP contribution in [0.3, 0.4) is 0 Å². The molecule has 3 aromatic rings. The van der Waals surface area contributed by atoms with Gasteiger partial charge in [-0.05, 0) is 47.9 Å². The van der Waals surface area contributed by atoms with E-state index >= 15 is 0 Å². The first-order valence-electron chi connectivity index (χ1n) is 11.2. The number of carbonyl (C=O) groups excluding carboxylic acids is 2. The molecule has 3 aromatic carbocycles. The number of aryl methyl sites for hydroxylation is 1. The molecule has 35 heavy (non-hydrogen) atoms. The summed E-state index contributed by atoms with van der Waals surface area (Å²) in [6.07, 6.45) is 0. The highest BCUT2D eigenvalue weighted by Crippen LogP contribution is 2.22. The molecule has 0 saturated carbocycles. The van der Waals surface area contributed by atoms with Gasteiger partial charge in [0, 0.05) is 18.8 Å². The molecule has 0 aliphatic carbocycles. The molecule has 1 saturated heterocycles. The van der Waals surface area contributed by atoms with Crippen LogP contribution in [0.5, 0.6) is 0 Å². The molecule has 0 atom stereocenters. The van der Waals surface area contributed by atoms with Gasteiger partial charge in [0.05, 0.1) is 23.7 Å². The molecule has 0 unspecified atom stereocenters. The lowest BCUT2D eigenvalue weighted by Gasteiger charge is -2.26. The Balaban J connectivity index is 1.37. The second kappa shape index (κ2) is 10.8. The zero-order valence-electron chi connectivity index (χ0n) is 19.3. The van der Waals surface area contributed by atoms with Gasteiger partial charge in [0.15, 0.2) is 6.61 Å². The summed E-state index contributed by atoms with van der Waals surface area (Å²) in [6.45, 7) is 2.33. The Morgan fingerprint density at radius 3 is 2.29 bits per heavy atom. The van der Waals surface area contributed by atoms with Crippen LogP contribution in [0.4, 0.5) is 5.69 Å². The molecule has 0 bridgehead atoms. The lowest BCUT2D eigenvalue weighted by atomic mass is 10.1. The van der Waals surface area contributed by atoms with Gasteiger partial charge in [0.2, 0.25) is 10.0 Å². The number of morpholine rings is 1. The molecule has 4 rings (SSSR count). The average molecular weight is 495 g/mol. The van der Waals surface area contributed by atoms with Gasteiger partial charge in [-0.15, -0.1) is 0 Å². The number of carbonyl (C=O) groups is 2. The van der Waals surface area contributed by atoms with Gasteiger partial charge in [0.25, 0.3) is 5.91 Å². The minimum absolute atomic E-state index is 0.0000858. The molecule has 0 aromatic heterocycles. The minimum atomic E-state index is -3.76. The molecule has 1 fully saturated rings. The Morgan fingerprint density at radius 2 is 1.60 bits per heavy atom. The van der Waals surface area contributed by atoms with E-state index in [1.807, 2.05) is 42.5 Å². The molecule has 1 aliphatic rings. The molecular weight excluding hydrogens is 468 g/mol. The molecule has 182 valence electrons. The number of sulfonamides is 1. The van der Waals surface area contributed by atoms with Crippen molar-refractivity contribution in [1.82, 2.24) is 4.31 Å². The molecule has 1 N–H and O–H groups in total. The van der Waals surface area contributed by atoms with E-state index in [4.69, 9.17) is 9.47 Å². The summed E-state index contributed by atoms with van der Waals surface area (Å²) in [5, 5.41) is 2.69. The van der Waals surface area contributed by atoms with Gasteiger partial charge in [-0.1, -0.05) is 48.5 Å². The third kappa shape index (κ3) is 5.94. The van der Waals surface area contributed by atoms with E-state index in [1.54, 1.807) is 25.1 Å². The van der Waals surface area contributed by atoms with Gasteiger partial charge < -0.3 is 14.8 Å². The first-order chi connectivity index (χ1) is 16.8. The van der Waals surface area contributed by atoms with E-state index in [0.717, 1.165) is 11.1 Å². The topological polar surface area (TPSA) is 102 Å². The lowest BCUT2D eigenvalue weighted by Crippen LogP contribution is -2.40. The second-order valence-electron chi connectivity index (χ2n) is 8.06. The lowest BCUT2D eigenvalue weighted by molar-refractivity contribution is -0.119. The van der Waals surface area contributed by atoms with E-state index < -0.39 is 28.5 Å². The fourth-order valence-corrected chi connectivity index (χ4v) is 5.13. The van der Waals surface area contributed by atoms with E-state index in [-0.39, 0.29) is 23.5 Å². The summed E-state index contributed by atoms with van der Waals surface area (Å²) >= 11 is 0. The normalized spacial score (nSPS) is 14.3. The average Bonchev–Trinajstić information content (AvgIpc) is 2.89. The van der Waals surface area contributed by atoms with Crippen LogP contribution < -0.4 is 5.32 Å². The number of esters is 1. The first kappa shape index (κ1) is 24.6. The molecule has 1 amide bonds. The predicted octanol–water partition coefficient (Wildman–Crippen LogP) is 3.48. The maximum absolute atomic E-state index is 12.9. The fraction of sp³-hybridized carbons (Fsp3) is 0.231. The number of hydrogen-bond donors (Lipinski definition) is 1. The van der Waals surface area contributed by atoms with Gasteiger partial charge in [-0.3, -0.25) is 4.79 Å². The van der Waals surface area contributed by atoms with Crippen LogP contribution in [0, 0.1) is 6.92 Å². The van der Waals surface area contributed by atoms with Gasteiger partial charge in [-0.2, -0.15) is 4.31 Å². The van der Waals surface area contributed by atoms with Crippen LogP contribution in [-0.2, 0) is 24.3 Å². The summed E-state index contributed by atoms with van der Waals surface area (Å²) in [6, 6.07) is 21.5. The van der Waals surface area contributed by atoms with E-state index in [2.05, 4.69) is 5.32 Å². The SMILES string of the molecule is Cc1ccc(S(=O)(=O)N2CCOCC2)cc1C(=O)OCC(=O)Nc1ccc(-c2ccccc2)cc1. The highest BCUT2D eigenvalue weighted by molar-refractivity contribution is 7.89. The zero-order chi connectivity index (χ0) is 24.8. The monoisotopic (exact) mass is 494 g/mol. The van der Waals surface area contributed by atoms with Crippen LogP contribution in [0.2, 0.25) is 0 Å². The van der Waals surface area contributed by atoms with Crippen LogP contribution in [-0.4, -0.2) is 57.5 Å². The Kier molecular flexibility index (Phi) is 7.60. The highest BCUT2D eigenvalue weighted by atomic mass is 32.2. The van der Waals surface area contributed by atoms with Crippen molar-refractivity contribution < 1.29 is 27.5 Å². The summed E-state index contributed by atoms with van der Waals surface area (Å²) < 4.78 is 37.5. The summed E-state index contributed by atoms with van der Waals surface area (Å²) in [4.78, 5) is 25.0. The minimum Gasteiger partial charge on any atom is -0.452 e. The van der Waals surface area contributed by atoms with E-state index in [9.17, 15) is 18.0 Å². The molecule has 0 spiro atoms. The van der Waals surface area contributed by atoms with Crippen molar-refractivity contribution in [3.05, 3.63) is 83.9 Å². The van der Waals surface area contributed by atoms with Crippen molar-refractivity contribution in [3.8, 4) is 11.1 Å². The number of ether oxygens (including phenoxy) is 2. The molecule has 8 nitrogen and oxygen atoms in total. The number of amides is 1. The largest absolute Gasteiger partial charge is 0.452 e. The fourth-order valence-electron chi connectivity index (χ4n) is 3.70. The molecule has 1 aliphatic heterocycles. The van der Waals surface area contributed by atoms with Crippen molar-refractivity contribution in [2.45, 2.75) is 11.8 Å². The van der Waals surface area contributed by atoms with Gasteiger partial charge in [-0.25, -0.2) is 13.2 Å². The van der Waals surface area contributed by atoms with Crippen molar-refractivity contribution in [2.24, 2.45) is 0 Å². The number of rotatable bonds is 7. The van der Waals surface area contributed by atoms with Crippen LogP contribution >= 0.6 is 0 Å². The smallest absolute Gasteiger partial charge is 0.338 e. The van der Waals surface area contributed by atoms with Crippen LogP contribution in [0.1, 0.15) is 15.9 Å². The highest BCUT2D eigenvalue weighted by Gasteiger charge is 2.27. The van der Waals surface area contributed by atoms with Crippen LogP contribution in [0.15, 0.2) is 77.7 Å². The van der Waals surface area contributed by atoms with E-state index in [0.29, 0.717) is 24.5 Å². The van der Waals surface area contributed by atoms with Gasteiger partial charge in [0.1, 0.15) is 0 Å². The number of hydrogen-bond acceptors (Lipinski definition) is 6. The second-order valence-corrected chi connectivity index (χ2v) is 10.00. The maximum Gasteiger partial charge on any atom is 0.338 e. The quantitative estimate of drug-likeness (QED) is 0.505. The van der Waals surface area contributed by atoms with Crippen molar-refractivity contribution in [1.29, 1.82) is 0 Å². The van der Waals surface area contributed by atoms with Crippen molar-refractivity contribution >= 4 is 27.6 Å². The Hall–Kier alpha value is -3.53. The van der Waals surface area contributed by atoms with Crippen molar-refractivity contribution in [2.75, 3.05) is 38.2 Å². The zero-order valence-corrected chi connectivity index (χ0v) is 20.1. The molecule has 1 heterocycles. The third-order valence-electron chi connectivity index (χ3n) is 5.65. The Morgan fingerprint density at radius 1 is 0.943 bits per heavy atom. The van der Waals surface area contributed by atoms with Crippen molar-refractivity contribution in [3.63, 3.8) is 0 Å². The number of nitrogens with one attached hydrogen (secondary N) is 1. The number of nitrogens with zero attached hydrogens (tertiary/aromatic N) is 1. The van der Waals surface area contributed by atoms with Gasteiger partial charge >= 0.3 is 5.97 Å². The summed E-state index contributed by atoms with van der Waals surface area (Å²) in [5.41, 5.74) is 3.29. The van der Waals surface area contributed by atoms with Crippen LogP contribution in [0.25, 0.3) is 11.1 Å².